The minimum atomic E-state index is -3.77. The SMILES string of the molecule is C/C=C/CCNS(=O)(=O)c1cc(N)c(OC)c(F)c1. The number of allylic oxidation sites excluding steroid dienone is 1. The number of nitrogens with one attached hydrogen (secondary N) is 1. The van der Waals surface area contributed by atoms with E-state index in [9.17, 15) is 12.8 Å². The van der Waals surface area contributed by atoms with Gasteiger partial charge in [-0.25, -0.2) is 17.5 Å². The zero-order valence-electron chi connectivity index (χ0n) is 10.8. The van der Waals surface area contributed by atoms with E-state index in [0.717, 1.165) is 6.07 Å². The Labute approximate surface area is 112 Å². The molecule has 0 saturated heterocycles. The Kier molecular flexibility index (Phi) is 5.31. The fourth-order valence-corrected chi connectivity index (χ4v) is 2.58. The number of methoxy groups -OCH3 is 1. The Balaban J connectivity index is 2.96. The number of ether oxygens (including phenoxy) is 1. The molecule has 106 valence electrons. The van der Waals surface area contributed by atoms with Gasteiger partial charge in [0, 0.05) is 6.54 Å². The van der Waals surface area contributed by atoms with Gasteiger partial charge in [-0.05, 0) is 25.5 Å². The number of nitrogen functional groups attached to an aromatic ring is 1. The largest absolute Gasteiger partial charge is 0.492 e. The van der Waals surface area contributed by atoms with Crippen LogP contribution in [0, 0.1) is 5.82 Å². The quantitative estimate of drug-likeness (QED) is 0.474. The van der Waals surface area contributed by atoms with Crippen molar-refractivity contribution in [1.29, 1.82) is 0 Å². The number of benzene rings is 1. The lowest BCUT2D eigenvalue weighted by molar-refractivity contribution is 0.388. The number of hydrogen-bond donors (Lipinski definition) is 2. The molecule has 0 spiro atoms. The van der Waals surface area contributed by atoms with Crippen LogP contribution in [0.4, 0.5) is 10.1 Å². The van der Waals surface area contributed by atoms with Gasteiger partial charge in [-0.2, -0.15) is 0 Å². The molecule has 0 heterocycles. The van der Waals surface area contributed by atoms with Crippen LogP contribution < -0.4 is 15.2 Å². The molecule has 19 heavy (non-hydrogen) atoms. The smallest absolute Gasteiger partial charge is 0.240 e. The van der Waals surface area contributed by atoms with Crippen LogP contribution in [0.3, 0.4) is 0 Å². The molecule has 0 bridgehead atoms. The van der Waals surface area contributed by atoms with E-state index in [1.165, 1.54) is 13.2 Å². The highest BCUT2D eigenvalue weighted by Crippen LogP contribution is 2.28. The highest BCUT2D eigenvalue weighted by atomic mass is 32.2. The number of rotatable bonds is 6. The van der Waals surface area contributed by atoms with E-state index in [1.54, 1.807) is 0 Å². The molecule has 0 aliphatic rings. The van der Waals surface area contributed by atoms with Gasteiger partial charge >= 0.3 is 0 Å². The van der Waals surface area contributed by atoms with Crippen LogP contribution in [0.15, 0.2) is 29.2 Å². The van der Waals surface area contributed by atoms with Gasteiger partial charge in [-0.1, -0.05) is 12.2 Å². The standard InChI is InChI=1S/C12H17FN2O3S/c1-3-4-5-6-15-19(16,17)9-7-10(13)12(18-2)11(14)8-9/h3-4,7-8,15H,5-6,14H2,1-2H3/b4-3+. The monoisotopic (exact) mass is 288 g/mol. The normalized spacial score (nSPS) is 11.9. The number of anilines is 1. The average molecular weight is 288 g/mol. The second-order valence-electron chi connectivity index (χ2n) is 3.78. The molecule has 0 aliphatic heterocycles. The first-order valence-corrected chi connectivity index (χ1v) is 7.14. The molecule has 0 aromatic heterocycles. The first kappa shape index (κ1) is 15.5. The average Bonchev–Trinajstić information content (AvgIpc) is 2.34. The second-order valence-corrected chi connectivity index (χ2v) is 5.55. The van der Waals surface area contributed by atoms with E-state index in [0.29, 0.717) is 6.42 Å². The zero-order valence-corrected chi connectivity index (χ0v) is 11.6. The van der Waals surface area contributed by atoms with Gasteiger partial charge in [0.2, 0.25) is 10.0 Å². The van der Waals surface area contributed by atoms with Crippen LogP contribution in [0.25, 0.3) is 0 Å². The first-order valence-electron chi connectivity index (χ1n) is 5.66. The summed E-state index contributed by atoms with van der Waals surface area (Å²) in [7, 11) is -2.51. The maximum atomic E-state index is 13.6. The second kappa shape index (κ2) is 6.53. The molecule has 1 aromatic carbocycles. The van der Waals surface area contributed by atoms with Gasteiger partial charge in [-0.15, -0.1) is 0 Å². The van der Waals surface area contributed by atoms with Gasteiger partial charge in [0.05, 0.1) is 17.7 Å². The van der Waals surface area contributed by atoms with E-state index < -0.39 is 15.8 Å². The summed E-state index contributed by atoms with van der Waals surface area (Å²) in [5.74, 6) is -0.968. The maximum absolute atomic E-state index is 13.6. The summed E-state index contributed by atoms with van der Waals surface area (Å²) >= 11 is 0. The molecule has 3 N–H and O–H groups in total. The first-order chi connectivity index (χ1) is 8.92. The summed E-state index contributed by atoms with van der Waals surface area (Å²) in [5, 5.41) is 0. The highest BCUT2D eigenvalue weighted by Gasteiger charge is 2.18. The van der Waals surface area contributed by atoms with Gasteiger partial charge < -0.3 is 10.5 Å². The van der Waals surface area contributed by atoms with Crippen molar-refractivity contribution in [2.45, 2.75) is 18.2 Å². The predicted molar refractivity (Wildman–Crippen MR) is 72.0 cm³/mol. The molecule has 5 nitrogen and oxygen atoms in total. The molecule has 0 aliphatic carbocycles. The Hall–Kier alpha value is -1.60. The van der Waals surface area contributed by atoms with Crippen molar-refractivity contribution in [2.75, 3.05) is 19.4 Å². The van der Waals surface area contributed by atoms with Crippen molar-refractivity contribution < 1.29 is 17.5 Å². The lowest BCUT2D eigenvalue weighted by atomic mass is 10.3. The van der Waals surface area contributed by atoms with Crippen molar-refractivity contribution in [3.63, 3.8) is 0 Å². The molecule has 0 saturated carbocycles. The number of hydrogen-bond acceptors (Lipinski definition) is 4. The third-order valence-corrected chi connectivity index (χ3v) is 3.84. The van der Waals surface area contributed by atoms with Crippen molar-refractivity contribution in [2.24, 2.45) is 0 Å². The van der Waals surface area contributed by atoms with E-state index in [1.807, 2.05) is 19.1 Å². The van der Waals surface area contributed by atoms with Crippen LogP contribution in [0.1, 0.15) is 13.3 Å². The minimum Gasteiger partial charge on any atom is -0.492 e. The van der Waals surface area contributed by atoms with E-state index in [2.05, 4.69) is 4.72 Å². The molecule has 0 amide bonds. The van der Waals surface area contributed by atoms with Gasteiger partial charge in [0.25, 0.3) is 0 Å². The van der Waals surface area contributed by atoms with Crippen LogP contribution in [0.2, 0.25) is 0 Å². The van der Waals surface area contributed by atoms with Crippen LogP contribution in [0.5, 0.6) is 5.75 Å². The Bertz CT molecular complexity index is 547. The third-order valence-electron chi connectivity index (χ3n) is 2.40. The van der Waals surface area contributed by atoms with Crippen LogP contribution in [-0.4, -0.2) is 22.1 Å². The molecule has 1 rings (SSSR count). The highest BCUT2D eigenvalue weighted by molar-refractivity contribution is 7.89. The minimum absolute atomic E-state index is 0.0590. The number of halogens is 1. The Morgan fingerprint density at radius 2 is 2.16 bits per heavy atom. The van der Waals surface area contributed by atoms with E-state index in [-0.39, 0.29) is 22.9 Å². The molecule has 0 fully saturated rings. The summed E-state index contributed by atoms with van der Waals surface area (Å²) < 4.78 is 44.5. The fraction of sp³-hybridized carbons (Fsp3) is 0.333. The topological polar surface area (TPSA) is 81.4 Å². The van der Waals surface area contributed by atoms with E-state index in [4.69, 9.17) is 10.5 Å². The number of sulfonamides is 1. The molecule has 7 heteroatoms. The summed E-state index contributed by atoms with van der Waals surface area (Å²) in [5.41, 5.74) is 5.48. The van der Waals surface area contributed by atoms with Gasteiger partial charge in [0.15, 0.2) is 11.6 Å². The molecule has 0 unspecified atom stereocenters. The van der Waals surface area contributed by atoms with Crippen LogP contribution >= 0.6 is 0 Å². The molecule has 1 aromatic rings. The zero-order chi connectivity index (χ0) is 14.5. The van der Waals surface area contributed by atoms with Gasteiger partial charge in [0.1, 0.15) is 0 Å². The summed E-state index contributed by atoms with van der Waals surface area (Å²) in [6.45, 7) is 2.08. The summed E-state index contributed by atoms with van der Waals surface area (Å²) in [6.07, 6.45) is 4.20. The summed E-state index contributed by atoms with van der Waals surface area (Å²) in [6, 6.07) is 2.05. The van der Waals surface area contributed by atoms with Crippen molar-refractivity contribution >= 4 is 15.7 Å². The van der Waals surface area contributed by atoms with Crippen LogP contribution in [-0.2, 0) is 10.0 Å². The Morgan fingerprint density at radius 1 is 1.47 bits per heavy atom. The van der Waals surface area contributed by atoms with Crippen molar-refractivity contribution in [3.05, 3.63) is 30.1 Å². The molecular weight excluding hydrogens is 271 g/mol. The van der Waals surface area contributed by atoms with Crippen molar-refractivity contribution in [3.8, 4) is 5.75 Å². The third kappa shape index (κ3) is 3.93. The summed E-state index contributed by atoms with van der Waals surface area (Å²) in [4.78, 5) is -0.219. The molecule has 0 atom stereocenters. The number of nitrogens with two attached hydrogens (primary N) is 1. The lowest BCUT2D eigenvalue weighted by Gasteiger charge is -2.10. The fourth-order valence-electron chi connectivity index (χ4n) is 1.49. The molecule has 0 radical (unpaired) electrons. The Morgan fingerprint density at radius 3 is 2.68 bits per heavy atom. The van der Waals surface area contributed by atoms with E-state index >= 15 is 0 Å². The molecular formula is C12H17FN2O3S. The lowest BCUT2D eigenvalue weighted by Crippen LogP contribution is -2.24. The predicted octanol–water partition coefficient (Wildman–Crippen LogP) is 1.66. The van der Waals surface area contributed by atoms with Gasteiger partial charge in [-0.3, -0.25) is 0 Å². The van der Waals surface area contributed by atoms with Crippen molar-refractivity contribution in [1.82, 2.24) is 4.72 Å². The maximum Gasteiger partial charge on any atom is 0.240 e.